The molecule has 0 unspecified atom stereocenters. The van der Waals surface area contributed by atoms with Gasteiger partial charge in [-0.2, -0.15) is 4.98 Å². The van der Waals surface area contributed by atoms with Gasteiger partial charge in [0.15, 0.2) is 5.82 Å². The summed E-state index contributed by atoms with van der Waals surface area (Å²) >= 11 is 1.66. The van der Waals surface area contributed by atoms with Gasteiger partial charge in [-0.25, -0.2) is 4.79 Å². The Kier molecular flexibility index (Phi) is 5.61. The summed E-state index contributed by atoms with van der Waals surface area (Å²) < 4.78 is 10.9. The number of aryl methyl sites for hydroxylation is 1. The molecule has 160 valence electrons. The summed E-state index contributed by atoms with van der Waals surface area (Å²) in [5, 5.41) is 21.9. The molecule has 1 fully saturated rings. The van der Waals surface area contributed by atoms with E-state index in [1.807, 2.05) is 13.0 Å². The van der Waals surface area contributed by atoms with E-state index in [0.717, 1.165) is 67.9 Å². The fourth-order valence-corrected chi connectivity index (χ4v) is 5.56. The first kappa shape index (κ1) is 20.5. The van der Waals surface area contributed by atoms with Crippen LogP contribution < -0.4 is 5.32 Å². The largest absolute Gasteiger partial charge is 0.503 e. The van der Waals surface area contributed by atoms with Gasteiger partial charge in [-0.15, -0.1) is 11.3 Å². The number of nitrogens with one attached hydrogen (secondary N) is 1. The molecular formula is C20H23N3O6S. The number of fused-ring (bicyclic) bond motifs is 1. The number of anilines is 1. The minimum atomic E-state index is -1.83. The molecule has 2 aliphatic carbocycles. The molecule has 2 aromatic rings. The topological polar surface area (TPSA) is 135 Å². The Bertz CT molecular complexity index is 1000. The molecule has 3 aliphatic rings. The Hall–Kier alpha value is -2.72. The molecule has 1 spiro atoms. The van der Waals surface area contributed by atoms with Crippen molar-refractivity contribution >= 4 is 28.4 Å². The summed E-state index contributed by atoms with van der Waals surface area (Å²) in [5.74, 6) is 1.12. The lowest BCUT2D eigenvalue weighted by Gasteiger charge is -2.44. The molecular weight excluding hydrogens is 410 g/mol. The van der Waals surface area contributed by atoms with Crippen LogP contribution in [0.2, 0.25) is 0 Å². The Morgan fingerprint density at radius 2 is 2.03 bits per heavy atom. The first-order valence-corrected chi connectivity index (χ1v) is 10.6. The van der Waals surface area contributed by atoms with Crippen molar-refractivity contribution in [1.82, 2.24) is 10.1 Å². The molecule has 2 aromatic heterocycles. The number of rotatable bonds is 3. The number of hydrogen-bond acceptors (Lipinski definition) is 7. The number of thiophene rings is 1. The molecule has 5 rings (SSSR count). The molecule has 0 aromatic carbocycles. The van der Waals surface area contributed by atoms with E-state index in [9.17, 15) is 4.79 Å². The van der Waals surface area contributed by atoms with Crippen molar-refractivity contribution in [1.29, 1.82) is 0 Å². The van der Waals surface area contributed by atoms with Gasteiger partial charge in [-0.05, 0) is 51.0 Å². The van der Waals surface area contributed by atoms with Crippen molar-refractivity contribution in [2.45, 2.75) is 45.4 Å². The third kappa shape index (κ3) is 4.10. The van der Waals surface area contributed by atoms with E-state index in [1.165, 1.54) is 10.4 Å². The van der Waals surface area contributed by atoms with Gasteiger partial charge < -0.3 is 24.8 Å². The number of carbonyl (C=O) groups is 2. The highest BCUT2D eigenvalue weighted by Crippen LogP contribution is 2.50. The number of nitrogens with zero attached hydrogens (tertiary/aromatic N) is 2. The predicted molar refractivity (Wildman–Crippen MR) is 109 cm³/mol. The van der Waals surface area contributed by atoms with Gasteiger partial charge in [0, 0.05) is 15.9 Å². The van der Waals surface area contributed by atoms with Gasteiger partial charge in [-0.3, -0.25) is 4.79 Å². The zero-order chi connectivity index (χ0) is 21.3. The molecule has 30 heavy (non-hydrogen) atoms. The quantitative estimate of drug-likeness (QED) is 0.664. The normalized spacial score (nSPS) is 18.6. The lowest BCUT2D eigenvalue weighted by molar-refractivity contribution is -0.119. The number of allylic oxidation sites excluding steroid dienone is 1. The first-order valence-electron chi connectivity index (χ1n) is 9.82. The van der Waals surface area contributed by atoms with E-state index in [-0.39, 0.29) is 11.3 Å². The summed E-state index contributed by atoms with van der Waals surface area (Å²) in [6.45, 7) is 3.50. The maximum absolute atomic E-state index is 12.7. The minimum absolute atomic E-state index is 0.000255. The Morgan fingerprint density at radius 3 is 2.60 bits per heavy atom. The molecule has 9 nitrogen and oxygen atoms in total. The predicted octanol–water partition coefficient (Wildman–Crippen LogP) is 3.88. The lowest BCUT2D eigenvalue weighted by Crippen LogP contribution is -2.46. The van der Waals surface area contributed by atoms with Crippen molar-refractivity contribution < 1.29 is 29.1 Å². The summed E-state index contributed by atoms with van der Waals surface area (Å²) in [6.07, 6.45) is 6.18. The molecule has 0 radical (unpaired) electrons. The first-order chi connectivity index (χ1) is 14.4. The second-order valence-corrected chi connectivity index (χ2v) is 8.99. The maximum atomic E-state index is 12.7. The van der Waals surface area contributed by atoms with E-state index in [1.54, 1.807) is 11.3 Å². The SMILES string of the molecule is Cc1noc(-c2c(NC(=O)C3=CCCC3)sc3c2CCC2(COC2)C3)n1.O=C(O)O. The van der Waals surface area contributed by atoms with Crippen molar-refractivity contribution in [3.05, 3.63) is 27.9 Å². The monoisotopic (exact) mass is 433 g/mol. The van der Waals surface area contributed by atoms with E-state index >= 15 is 0 Å². The number of ether oxygens (including phenoxy) is 1. The van der Waals surface area contributed by atoms with Crippen LogP contribution in [0.1, 0.15) is 41.9 Å². The molecule has 1 amide bonds. The fraction of sp³-hybridized carbons (Fsp3) is 0.500. The summed E-state index contributed by atoms with van der Waals surface area (Å²) in [5.41, 5.74) is 3.35. The second-order valence-electron chi connectivity index (χ2n) is 7.88. The molecule has 3 N–H and O–H groups in total. The van der Waals surface area contributed by atoms with Crippen LogP contribution >= 0.6 is 11.3 Å². The van der Waals surface area contributed by atoms with Gasteiger partial charge in [0.25, 0.3) is 11.8 Å². The van der Waals surface area contributed by atoms with Crippen molar-refractivity contribution in [2.75, 3.05) is 18.5 Å². The molecule has 0 saturated carbocycles. The van der Waals surface area contributed by atoms with Crippen LogP contribution in [0.4, 0.5) is 9.80 Å². The number of amides is 1. The summed E-state index contributed by atoms with van der Waals surface area (Å²) in [4.78, 5) is 27.0. The van der Waals surface area contributed by atoms with E-state index in [0.29, 0.717) is 11.7 Å². The average Bonchev–Trinajstić information content (AvgIpc) is 3.38. The fourth-order valence-electron chi connectivity index (χ4n) is 4.15. The smallest absolute Gasteiger partial charge is 0.450 e. The molecule has 1 aliphatic heterocycles. The third-order valence-corrected chi connectivity index (χ3v) is 6.80. The number of hydrogen-bond donors (Lipinski definition) is 3. The van der Waals surface area contributed by atoms with Gasteiger partial charge in [-0.1, -0.05) is 11.2 Å². The van der Waals surface area contributed by atoms with Crippen LogP contribution in [0, 0.1) is 12.3 Å². The standard InChI is InChI=1S/C19H21N3O3S.CH2O3/c1-11-20-17(25-22-11)15-13-6-7-19(9-24-10-19)8-14(13)26-18(15)21-16(23)12-4-2-3-5-12;2-1(3)4/h4H,2-3,5-10H2,1H3,(H,21,23);(H2,2,3,4). The Morgan fingerprint density at radius 1 is 1.27 bits per heavy atom. The minimum Gasteiger partial charge on any atom is -0.450 e. The van der Waals surface area contributed by atoms with Crippen LogP contribution in [0.3, 0.4) is 0 Å². The van der Waals surface area contributed by atoms with Crippen molar-refractivity contribution in [3.63, 3.8) is 0 Å². The highest BCUT2D eigenvalue weighted by atomic mass is 32.1. The zero-order valence-electron chi connectivity index (χ0n) is 16.6. The van der Waals surface area contributed by atoms with E-state index in [2.05, 4.69) is 15.5 Å². The van der Waals surface area contributed by atoms with Crippen LogP contribution in [-0.2, 0) is 22.4 Å². The molecule has 0 bridgehead atoms. The second kappa shape index (κ2) is 8.19. The van der Waals surface area contributed by atoms with Crippen molar-refractivity contribution in [3.8, 4) is 11.5 Å². The molecule has 10 heteroatoms. The van der Waals surface area contributed by atoms with Crippen LogP contribution in [0.15, 0.2) is 16.2 Å². The Balaban J connectivity index is 0.000000503. The summed E-state index contributed by atoms with van der Waals surface area (Å²) in [6, 6.07) is 0. The average molecular weight is 433 g/mol. The van der Waals surface area contributed by atoms with Gasteiger partial charge in [0.05, 0.1) is 18.8 Å². The van der Waals surface area contributed by atoms with Gasteiger partial charge in [0.2, 0.25) is 0 Å². The highest BCUT2D eigenvalue weighted by Gasteiger charge is 2.43. The number of carbonyl (C=O) groups excluding carboxylic acids is 1. The van der Waals surface area contributed by atoms with Crippen LogP contribution in [-0.4, -0.2) is 45.6 Å². The van der Waals surface area contributed by atoms with Gasteiger partial charge >= 0.3 is 6.16 Å². The van der Waals surface area contributed by atoms with E-state index in [4.69, 9.17) is 24.3 Å². The van der Waals surface area contributed by atoms with Crippen LogP contribution in [0.25, 0.3) is 11.5 Å². The summed E-state index contributed by atoms with van der Waals surface area (Å²) in [7, 11) is 0. The number of aromatic nitrogens is 2. The maximum Gasteiger partial charge on any atom is 0.503 e. The number of carboxylic acid groups (broad SMARTS) is 2. The van der Waals surface area contributed by atoms with Gasteiger partial charge in [0.1, 0.15) is 5.00 Å². The molecule has 1 saturated heterocycles. The molecule has 3 heterocycles. The third-order valence-electron chi connectivity index (χ3n) is 5.65. The van der Waals surface area contributed by atoms with E-state index < -0.39 is 6.16 Å². The Labute approximate surface area is 176 Å². The van der Waals surface area contributed by atoms with Crippen LogP contribution in [0.5, 0.6) is 0 Å². The molecule has 0 atom stereocenters. The zero-order valence-corrected chi connectivity index (χ0v) is 17.4. The highest BCUT2D eigenvalue weighted by molar-refractivity contribution is 7.17. The van der Waals surface area contributed by atoms with Crippen molar-refractivity contribution in [2.24, 2.45) is 5.41 Å². The lowest BCUT2D eigenvalue weighted by atomic mass is 9.72.